The summed E-state index contributed by atoms with van der Waals surface area (Å²) in [5, 5.41) is 4.50. The van der Waals surface area contributed by atoms with E-state index in [4.69, 9.17) is 10.5 Å². The highest BCUT2D eigenvalue weighted by Gasteiger charge is 2.21. The van der Waals surface area contributed by atoms with Gasteiger partial charge < -0.3 is 15.9 Å². The summed E-state index contributed by atoms with van der Waals surface area (Å²) in [6.45, 7) is 2.09. The van der Waals surface area contributed by atoms with E-state index in [2.05, 4.69) is 23.5 Å². The average molecular weight is 267 g/mol. The van der Waals surface area contributed by atoms with E-state index in [0.29, 0.717) is 0 Å². The molecular weight excluding hydrogens is 250 g/mol. The van der Waals surface area contributed by atoms with Gasteiger partial charge >= 0.3 is 0 Å². The van der Waals surface area contributed by atoms with Crippen LogP contribution in [0.25, 0.3) is 0 Å². The van der Waals surface area contributed by atoms with Gasteiger partial charge in [0, 0.05) is 16.8 Å². The fraction of sp³-hybridized carbons (Fsp3) is 0.188. The van der Waals surface area contributed by atoms with Gasteiger partial charge in [0.05, 0.1) is 18.9 Å². The number of fused-ring (bicyclic) bond motifs is 1. The Morgan fingerprint density at radius 2 is 1.90 bits per heavy atom. The molecule has 0 saturated heterocycles. The van der Waals surface area contributed by atoms with E-state index >= 15 is 0 Å². The van der Waals surface area contributed by atoms with Crippen LogP contribution in [0.5, 0.6) is 5.75 Å². The van der Waals surface area contributed by atoms with Crippen molar-refractivity contribution in [1.82, 2.24) is 5.43 Å². The fourth-order valence-electron chi connectivity index (χ4n) is 2.40. The van der Waals surface area contributed by atoms with Gasteiger partial charge in [-0.15, -0.1) is 0 Å². The summed E-state index contributed by atoms with van der Waals surface area (Å²) >= 11 is 0. The number of anilines is 1. The Balaban J connectivity index is 2.12. The molecule has 102 valence electrons. The highest BCUT2D eigenvalue weighted by Crippen LogP contribution is 2.28. The number of rotatable bonds is 2. The third-order valence-corrected chi connectivity index (χ3v) is 3.54. The lowest BCUT2D eigenvalue weighted by Crippen LogP contribution is -2.24. The largest absolute Gasteiger partial charge is 0.497 e. The fourth-order valence-corrected chi connectivity index (χ4v) is 2.40. The molecule has 1 aliphatic heterocycles. The van der Waals surface area contributed by atoms with Crippen LogP contribution in [0, 0.1) is 0 Å². The van der Waals surface area contributed by atoms with Crippen molar-refractivity contribution in [2.24, 2.45) is 5.10 Å². The minimum Gasteiger partial charge on any atom is -0.497 e. The van der Waals surface area contributed by atoms with Gasteiger partial charge in [-0.3, -0.25) is 0 Å². The van der Waals surface area contributed by atoms with E-state index in [-0.39, 0.29) is 6.04 Å². The van der Waals surface area contributed by atoms with Crippen LogP contribution in [-0.2, 0) is 0 Å². The van der Waals surface area contributed by atoms with Crippen LogP contribution < -0.4 is 15.9 Å². The van der Waals surface area contributed by atoms with E-state index in [9.17, 15) is 0 Å². The Kier molecular flexibility index (Phi) is 3.06. The Hall–Kier alpha value is -2.49. The summed E-state index contributed by atoms with van der Waals surface area (Å²) in [7, 11) is 1.67. The summed E-state index contributed by atoms with van der Waals surface area (Å²) < 4.78 is 5.32. The van der Waals surface area contributed by atoms with E-state index in [1.165, 1.54) is 5.56 Å². The Morgan fingerprint density at radius 1 is 1.15 bits per heavy atom. The van der Waals surface area contributed by atoms with Gasteiger partial charge in [0.2, 0.25) is 0 Å². The summed E-state index contributed by atoms with van der Waals surface area (Å²) in [6.07, 6.45) is 0. The second-order valence-electron chi connectivity index (χ2n) is 4.89. The molecule has 0 fully saturated rings. The molecule has 0 aromatic heterocycles. The zero-order chi connectivity index (χ0) is 14.1. The maximum Gasteiger partial charge on any atom is 0.119 e. The molecule has 4 nitrogen and oxygen atoms in total. The van der Waals surface area contributed by atoms with Crippen molar-refractivity contribution in [1.29, 1.82) is 0 Å². The molecule has 0 aliphatic carbocycles. The molecule has 0 bridgehead atoms. The number of methoxy groups -OCH3 is 1. The quantitative estimate of drug-likeness (QED) is 0.822. The van der Waals surface area contributed by atoms with Crippen molar-refractivity contribution >= 4 is 11.4 Å². The van der Waals surface area contributed by atoms with E-state index in [0.717, 1.165) is 28.3 Å². The third-order valence-electron chi connectivity index (χ3n) is 3.54. The minimum absolute atomic E-state index is 0.188. The van der Waals surface area contributed by atoms with Crippen molar-refractivity contribution < 1.29 is 4.74 Å². The Morgan fingerprint density at radius 3 is 2.60 bits per heavy atom. The van der Waals surface area contributed by atoms with Gasteiger partial charge in [0.25, 0.3) is 0 Å². The van der Waals surface area contributed by atoms with Gasteiger partial charge in [-0.1, -0.05) is 18.2 Å². The highest BCUT2D eigenvalue weighted by molar-refractivity contribution is 6.14. The number of ether oxygens (including phenoxy) is 1. The summed E-state index contributed by atoms with van der Waals surface area (Å²) in [5.74, 6) is 0.834. The first kappa shape index (κ1) is 12.5. The number of nitrogens with one attached hydrogen (secondary N) is 1. The number of hydrogen-bond donors (Lipinski definition) is 2. The maximum absolute atomic E-state index is 5.74. The molecule has 0 spiro atoms. The lowest BCUT2D eigenvalue weighted by Gasteiger charge is -2.24. The molecule has 1 unspecified atom stereocenters. The predicted octanol–water partition coefficient (Wildman–Crippen LogP) is 2.69. The van der Waals surface area contributed by atoms with Crippen molar-refractivity contribution in [3.8, 4) is 5.75 Å². The first-order valence-electron chi connectivity index (χ1n) is 6.56. The minimum atomic E-state index is 0.188. The van der Waals surface area contributed by atoms with Crippen molar-refractivity contribution in [2.45, 2.75) is 13.0 Å². The topological polar surface area (TPSA) is 59.6 Å². The number of nitrogens with zero attached hydrogens (tertiary/aromatic N) is 1. The highest BCUT2D eigenvalue weighted by atomic mass is 16.5. The van der Waals surface area contributed by atoms with Gasteiger partial charge in [-0.05, 0) is 36.8 Å². The van der Waals surface area contributed by atoms with Gasteiger partial charge in [0.15, 0.2) is 0 Å². The average Bonchev–Trinajstić information content (AvgIpc) is 2.48. The summed E-state index contributed by atoms with van der Waals surface area (Å²) in [6, 6.07) is 14.0. The zero-order valence-corrected chi connectivity index (χ0v) is 11.6. The van der Waals surface area contributed by atoms with Crippen LogP contribution in [-0.4, -0.2) is 12.8 Å². The first-order valence-corrected chi connectivity index (χ1v) is 6.56. The van der Waals surface area contributed by atoms with Crippen LogP contribution >= 0.6 is 0 Å². The standard InChI is InChI=1S/C16H17N3O/c1-10-14-8-7-13(20-2)9-15(14)16(19-18-10)11-3-5-12(17)6-4-11/h3-10,18H,17H2,1-2H3. The normalized spacial score (nSPS) is 16.9. The lowest BCUT2D eigenvalue weighted by molar-refractivity contribution is 0.414. The lowest BCUT2D eigenvalue weighted by atomic mass is 9.92. The smallest absolute Gasteiger partial charge is 0.119 e. The third kappa shape index (κ3) is 2.09. The molecule has 0 amide bonds. The molecule has 3 rings (SSSR count). The molecule has 0 saturated carbocycles. The monoisotopic (exact) mass is 267 g/mol. The summed E-state index contributed by atoms with van der Waals surface area (Å²) in [4.78, 5) is 0. The number of benzene rings is 2. The molecule has 3 N–H and O–H groups in total. The molecule has 1 atom stereocenters. The number of nitrogens with two attached hydrogens (primary N) is 1. The summed E-state index contributed by atoms with van der Waals surface area (Å²) in [5.41, 5.74) is 13.9. The predicted molar refractivity (Wildman–Crippen MR) is 81.0 cm³/mol. The second kappa shape index (κ2) is 4.89. The zero-order valence-electron chi connectivity index (χ0n) is 11.6. The van der Waals surface area contributed by atoms with Crippen molar-refractivity contribution in [3.05, 3.63) is 59.2 Å². The molecule has 20 heavy (non-hydrogen) atoms. The molecule has 2 aromatic rings. The van der Waals surface area contributed by atoms with Gasteiger partial charge in [0.1, 0.15) is 5.75 Å². The molecule has 1 heterocycles. The molecule has 1 aliphatic rings. The van der Waals surface area contributed by atoms with Crippen molar-refractivity contribution in [2.75, 3.05) is 12.8 Å². The van der Waals surface area contributed by atoms with Crippen LogP contribution in [0.2, 0.25) is 0 Å². The second-order valence-corrected chi connectivity index (χ2v) is 4.89. The molecular formula is C16H17N3O. The Labute approximate surface area is 118 Å². The molecule has 0 radical (unpaired) electrons. The van der Waals surface area contributed by atoms with Crippen LogP contribution in [0.3, 0.4) is 0 Å². The van der Waals surface area contributed by atoms with Crippen LogP contribution in [0.1, 0.15) is 29.7 Å². The van der Waals surface area contributed by atoms with Gasteiger partial charge in [-0.25, -0.2) is 0 Å². The van der Waals surface area contributed by atoms with Gasteiger partial charge in [-0.2, -0.15) is 5.10 Å². The van der Waals surface area contributed by atoms with Crippen molar-refractivity contribution in [3.63, 3.8) is 0 Å². The van der Waals surface area contributed by atoms with E-state index in [1.807, 2.05) is 36.4 Å². The van der Waals surface area contributed by atoms with Crippen LogP contribution in [0.4, 0.5) is 5.69 Å². The first-order chi connectivity index (χ1) is 9.69. The maximum atomic E-state index is 5.74. The number of hydrogen-bond acceptors (Lipinski definition) is 4. The number of hydrazone groups is 1. The SMILES string of the molecule is COc1ccc2c(c1)C(c1ccc(N)cc1)=NNC2C. The molecule has 2 aromatic carbocycles. The van der Waals surface area contributed by atoms with Crippen LogP contribution in [0.15, 0.2) is 47.6 Å². The van der Waals surface area contributed by atoms with E-state index in [1.54, 1.807) is 7.11 Å². The van der Waals surface area contributed by atoms with E-state index < -0.39 is 0 Å². The molecule has 4 heteroatoms. The Bertz CT molecular complexity index is 662. The number of nitrogen functional groups attached to an aromatic ring is 1.